The fourth-order valence-electron chi connectivity index (χ4n) is 3.64. The Morgan fingerprint density at radius 2 is 1.66 bits per heavy atom. The Balaban J connectivity index is 1.93. The molecule has 0 saturated carbocycles. The number of carbonyl (C=O) groups is 2. The summed E-state index contributed by atoms with van der Waals surface area (Å²) in [5.74, 6) is 0.345. The van der Waals surface area contributed by atoms with Gasteiger partial charge < -0.3 is 4.42 Å². The molecule has 0 saturated heterocycles. The molecule has 146 valence electrons. The van der Waals surface area contributed by atoms with E-state index < -0.39 is 0 Å². The highest BCUT2D eigenvalue weighted by Gasteiger charge is 2.36. The second-order valence-electron chi connectivity index (χ2n) is 7.04. The molecule has 1 aromatic heterocycles. The quantitative estimate of drug-likeness (QED) is 0.703. The number of para-hydroxylation sites is 1. The predicted molar refractivity (Wildman–Crippen MR) is 113 cm³/mol. The summed E-state index contributed by atoms with van der Waals surface area (Å²) in [5, 5.41) is 6.05. The number of amides is 1. The van der Waals surface area contributed by atoms with Crippen molar-refractivity contribution in [3.63, 3.8) is 0 Å². The standard InChI is InChI=1S/C24H22N2O3/c1-4-16-13-18(14-17(5-2)23(16)27)21-22(20-11-8-12-29-20)25-26(24(21)28)19-10-7-6-9-15(19)3/h6-14H,4-5H2,1-3H3. The van der Waals surface area contributed by atoms with Crippen molar-refractivity contribution in [3.05, 3.63) is 88.4 Å². The van der Waals surface area contributed by atoms with Crippen molar-refractivity contribution in [1.29, 1.82) is 0 Å². The molecule has 1 aliphatic carbocycles. The zero-order valence-corrected chi connectivity index (χ0v) is 16.7. The van der Waals surface area contributed by atoms with Crippen LogP contribution in [0.4, 0.5) is 5.69 Å². The van der Waals surface area contributed by atoms with Crippen LogP contribution in [0.2, 0.25) is 0 Å². The van der Waals surface area contributed by atoms with Crippen molar-refractivity contribution >= 4 is 23.1 Å². The highest BCUT2D eigenvalue weighted by molar-refractivity contribution is 6.36. The Morgan fingerprint density at radius 3 is 2.24 bits per heavy atom. The van der Waals surface area contributed by atoms with Crippen molar-refractivity contribution in [2.75, 3.05) is 5.01 Å². The van der Waals surface area contributed by atoms with Gasteiger partial charge in [-0.15, -0.1) is 0 Å². The maximum absolute atomic E-state index is 13.5. The van der Waals surface area contributed by atoms with Gasteiger partial charge in [0.25, 0.3) is 5.91 Å². The Hall–Kier alpha value is -3.47. The normalized spacial score (nSPS) is 16.9. The fraction of sp³-hybridized carbons (Fsp3) is 0.208. The molecule has 0 N–H and O–H groups in total. The van der Waals surface area contributed by atoms with Crippen LogP contribution in [-0.4, -0.2) is 17.4 Å². The van der Waals surface area contributed by atoms with E-state index >= 15 is 0 Å². The number of carbonyl (C=O) groups excluding carboxylic acids is 2. The number of benzene rings is 1. The first-order valence-corrected chi connectivity index (χ1v) is 9.78. The fourth-order valence-corrected chi connectivity index (χ4v) is 3.64. The molecule has 1 aromatic carbocycles. The molecule has 0 spiro atoms. The summed E-state index contributed by atoms with van der Waals surface area (Å²) < 4.78 is 5.58. The van der Waals surface area contributed by atoms with Crippen molar-refractivity contribution in [3.8, 4) is 0 Å². The third kappa shape index (κ3) is 3.18. The van der Waals surface area contributed by atoms with Crippen molar-refractivity contribution < 1.29 is 14.0 Å². The van der Waals surface area contributed by atoms with Crippen LogP contribution < -0.4 is 5.01 Å². The van der Waals surface area contributed by atoms with Crippen LogP contribution in [0.5, 0.6) is 0 Å². The number of furan rings is 1. The molecule has 29 heavy (non-hydrogen) atoms. The van der Waals surface area contributed by atoms with Crippen LogP contribution in [0.3, 0.4) is 0 Å². The molecular formula is C24H22N2O3. The Labute approximate surface area is 169 Å². The Bertz CT molecular complexity index is 1090. The molecule has 4 rings (SSSR count). The maximum atomic E-state index is 13.5. The highest BCUT2D eigenvalue weighted by Crippen LogP contribution is 2.33. The van der Waals surface area contributed by atoms with Gasteiger partial charge in [0.1, 0.15) is 5.71 Å². The average Bonchev–Trinajstić information content (AvgIpc) is 3.37. The lowest BCUT2D eigenvalue weighted by Crippen LogP contribution is -2.23. The van der Waals surface area contributed by atoms with Gasteiger partial charge in [0.05, 0.1) is 17.5 Å². The number of anilines is 1. The van der Waals surface area contributed by atoms with Gasteiger partial charge in [0, 0.05) is 11.1 Å². The first-order valence-electron chi connectivity index (χ1n) is 9.78. The van der Waals surface area contributed by atoms with Gasteiger partial charge in [-0.05, 0) is 61.3 Å². The van der Waals surface area contributed by atoms with Gasteiger partial charge in [-0.2, -0.15) is 10.1 Å². The second kappa shape index (κ2) is 7.51. The van der Waals surface area contributed by atoms with E-state index in [0.717, 1.165) is 11.3 Å². The van der Waals surface area contributed by atoms with E-state index in [0.29, 0.717) is 46.6 Å². The summed E-state index contributed by atoms with van der Waals surface area (Å²) in [6, 6.07) is 11.2. The van der Waals surface area contributed by atoms with E-state index in [1.54, 1.807) is 18.4 Å². The summed E-state index contributed by atoms with van der Waals surface area (Å²) in [5.41, 5.74) is 4.71. The summed E-state index contributed by atoms with van der Waals surface area (Å²) >= 11 is 0. The molecule has 1 aliphatic heterocycles. The number of nitrogens with zero attached hydrogens (tertiary/aromatic N) is 2. The number of allylic oxidation sites excluding steroid dienone is 5. The molecule has 0 atom stereocenters. The number of aryl methyl sites for hydroxylation is 1. The van der Waals surface area contributed by atoms with Crippen LogP contribution >= 0.6 is 0 Å². The van der Waals surface area contributed by atoms with E-state index in [9.17, 15) is 9.59 Å². The Kier molecular flexibility index (Phi) is 4.89. The largest absolute Gasteiger partial charge is 0.463 e. The van der Waals surface area contributed by atoms with Gasteiger partial charge in [-0.25, -0.2) is 0 Å². The summed E-state index contributed by atoms with van der Waals surface area (Å²) in [6.45, 7) is 5.84. The number of ketones is 1. The minimum absolute atomic E-state index is 0.0528. The average molecular weight is 386 g/mol. The van der Waals surface area contributed by atoms with E-state index in [2.05, 4.69) is 5.10 Å². The van der Waals surface area contributed by atoms with Crippen molar-refractivity contribution in [2.45, 2.75) is 33.6 Å². The number of hydrogen-bond acceptors (Lipinski definition) is 4. The second-order valence-corrected chi connectivity index (χ2v) is 7.04. The number of hydrazone groups is 1. The van der Waals surface area contributed by atoms with Crippen molar-refractivity contribution in [1.82, 2.24) is 0 Å². The molecule has 2 heterocycles. The molecule has 0 bridgehead atoms. The molecule has 5 heteroatoms. The van der Waals surface area contributed by atoms with Crippen molar-refractivity contribution in [2.24, 2.45) is 5.10 Å². The van der Waals surface area contributed by atoms with E-state index in [1.165, 1.54) is 5.01 Å². The topological polar surface area (TPSA) is 62.9 Å². The van der Waals surface area contributed by atoms with E-state index in [1.807, 2.05) is 57.2 Å². The van der Waals surface area contributed by atoms with Gasteiger partial charge in [0.2, 0.25) is 0 Å². The summed E-state index contributed by atoms with van der Waals surface area (Å²) in [4.78, 5) is 26.1. The SMILES string of the molecule is CCC1=CC(=C2C(=O)N(c3ccccc3C)N=C2c2ccco2)C=C(CC)C1=O. The minimum atomic E-state index is -0.228. The van der Waals surface area contributed by atoms with Crippen LogP contribution in [-0.2, 0) is 9.59 Å². The molecule has 2 aliphatic rings. The monoisotopic (exact) mass is 386 g/mol. The van der Waals surface area contributed by atoms with E-state index in [4.69, 9.17) is 4.42 Å². The highest BCUT2D eigenvalue weighted by atomic mass is 16.3. The third-order valence-electron chi connectivity index (χ3n) is 5.23. The lowest BCUT2D eigenvalue weighted by Gasteiger charge is -2.17. The molecule has 0 fully saturated rings. The first kappa shape index (κ1) is 18.9. The molecule has 0 unspecified atom stereocenters. The molecule has 0 radical (unpaired) electrons. The number of Topliss-reactive ketones (excluding diaryl/α,β-unsaturated/α-hetero) is 1. The molecule has 2 aromatic rings. The van der Waals surface area contributed by atoms with Gasteiger partial charge in [-0.3, -0.25) is 9.59 Å². The molecular weight excluding hydrogens is 364 g/mol. The number of rotatable bonds is 4. The lowest BCUT2D eigenvalue weighted by atomic mass is 9.87. The predicted octanol–water partition coefficient (Wildman–Crippen LogP) is 4.89. The van der Waals surface area contributed by atoms with Gasteiger partial charge in [-0.1, -0.05) is 32.0 Å². The summed E-state index contributed by atoms with van der Waals surface area (Å²) in [6.07, 6.45) is 6.40. The lowest BCUT2D eigenvalue weighted by molar-refractivity contribution is -0.114. The summed E-state index contributed by atoms with van der Waals surface area (Å²) in [7, 11) is 0. The van der Waals surface area contributed by atoms with Gasteiger partial charge in [0.15, 0.2) is 11.5 Å². The molecule has 5 nitrogen and oxygen atoms in total. The first-order chi connectivity index (χ1) is 14.0. The molecule has 1 amide bonds. The zero-order chi connectivity index (χ0) is 20.5. The van der Waals surface area contributed by atoms with Crippen LogP contribution in [0, 0.1) is 6.92 Å². The van der Waals surface area contributed by atoms with Crippen LogP contribution in [0.1, 0.15) is 38.0 Å². The van der Waals surface area contributed by atoms with Gasteiger partial charge >= 0.3 is 0 Å². The zero-order valence-electron chi connectivity index (χ0n) is 16.7. The number of hydrogen-bond donors (Lipinski definition) is 0. The maximum Gasteiger partial charge on any atom is 0.281 e. The Morgan fingerprint density at radius 1 is 0.966 bits per heavy atom. The van der Waals surface area contributed by atoms with Crippen LogP contribution in [0.15, 0.2) is 86.6 Å². The van der Waals surface area contributed by atoms with Crippen LogP contribution in [0.25, 0.3) is 0 Å². The minimum Gasteiger partial charge on any atom is -0.463 e. The third-order valence-corrected chi connectivity index (χ3v) is 5.23. The smallest absolute Gasteiger partial charge is 0.281 e. The van der Waals surface area contributed by atoms with E-state index in [-0.39, 0.29) is 11.7 Å².